The minimum atomic E-state index is -2.85. The lowest BCUT2D eigenvalue weighted by Crippen LogP contribution is -2.25. The van der Waals surface area contributed by atoms with Gasteiger partial charge >= 0.3 is 6.61 Å². The standard InChI is InChI=1S/C20H22F2N2O3/c1-13(2)18(25)24-16-7-5-15(6-8-16)19(26)23-12-11-14-3-9-17(10-4-14)27-20(21)22/h3-10,13,20H,11-12H2,1-2H3,(H,23,26)(H,24,25). The Kier molecular flexibility index (Phi) is 7.28. The Labute approximate surface area is 156 Å². The van der Waals surface area contributed by atoms with Gasteiger partial charge in [-0.2, -0.15) is 8.78 Å². The molecule has 0 saturated heterocycles. The lowest BCUT2D eigenvalue weighted by Gasteiger charge is -2.09. The number of carbonyl (C=O) groups excluding carboxylic acids is 2. The van der Waals surface area contributed by atoms with Crippen molar-refractivity contribution in [2.24, 2.45) is 5.92 Å². The molecule has 27 heavy (non-hydrogen) atoms. The molecule has 2 amide bonds. The van der Waals surface area contributed by atoms with Crippen LogP contribution in [0.5, 0.6) is 5.75 Å². The van der Waals surface area contributed by atoms with Crippen LogP contribution in [0.3, 0.4) is 0 Å². The molecule has 2 N–H and O–H groups in total. The summed E-state index contributed by atoms with van der Waals surface area (Å²) in [4.78, 5) is 23.8. The second-order valence-electron chi connectivity index (χ2n) is 6.25. The first kappa shape index (κ1) is 20.4. The first-order chi connectivity index (χ1) is 12.8. The molecular formula is C20H22F2N2O3. The molecule has 2 aromatic rings. The van der Waals surface area contributed by atoms with E-state index in [2.05, 4.69) is 15.4 Å². The van der Waals surface area contributed by atoms with Crippen molar-refractivity contribution in [2.45, 2.75) is 26.9 Å². The SMILES string of the molecule is CC(C)C(=O)Nc1ccc(C(=O)NCCc2ccc(OC(F)F)cc2)cc1. The molecule has 0 aliphatic carbocycles. The number of nitrogens with one attached hydrogen (secondary N) is 2. The van der Waals surface area contributed by atoms with E-state index in [0.29, 0.717) is 24.2 Å². The second kappa shape index (κ2) is 9.66. The normalized spacial score (nSPS) is 10.7. The number of hydrogen-bond donors (Lipinski definition) is 2. The van der Waals surface area contributed by atoms with Gasteiger partial charge in [0.2, 0.25) is 5.91 Å². The fraction of sp³-hybridized carbons (Fsp3) is 0.300. The summed E-state index contributed by atoms with van der Waals surface area (Å²) in [6.45, 7) is 1.16. The molecule has 0 bridgehead atoms. The molecule has 0 saturated carbocycles. The molecule has 0 aliphatic heterocycles. The van der Waals surface area contributed by atoms with Crippen LogP contribution in [0.4, 0.5) is 14.5 Å². The van der Waals surface area contributed by atoms with E-state index in [0.717, 1.165) is 5.56 Å². The number of carbonyl (C=O) groups is 2. The van der Waals surface area contributed by atoms with Crippen LogP contribution in [0.2, 0.25) is 0 Å². The largest absolute Gasteiger partial charge is 0.435 e. The van der Waals surface area contributed by atoms with Gasteiger partial charge < -0.3 is 15.4 Å². The van der Waals surface area contributed by atoms with E-state index >= 15 is 0 Å². The molecule has 144 valence electrons. The molecule has 0 heterocycles. The van der Waals surface area contributed by atoms with E-state index in [-0.39, 0.29) is 23.5 Å². The topological polar surface area (TPSA) is 67.4 Å². The minimum Gasteiger partial charge on any atom is -0.435 e. The van der Waals surface area contributed by atoms with Crippen LogP contribution in [0.1, 0.15) is 29.8 Å². The van der Waals surface area contributed by atoms with Gasteiger partial charge in [-0.25, -0.2) is 0 Å². The number of anilines is 1. The van der Waals surface area contributed by atoms with Crippen LogP contribution < -0.4 is 15.4 Å². The van der Waals surface area contributed by atoms with Gasteiger partial charge in [-0.1, -0.05) is 26.0 Å². The number of alkyl halides is 2. The fourth-order valence-electron chi connectivity index (χ4n) is 2.25. The molecule has 0 unspecified atom stereocenters. The van der Waals surface area contributed by atoms with Crippen molar-refractivity contribution in [1.82, 2.24) is 5.32 Å². The zero-order valence-electron chi connectivity index (χ0n) is 15.2. The third kappa shape index (κ3) is 6.69. The summed E-state index contributed by atoms with van der Waals surface area (Å²) in [5.74, 6) is -0.335. The number of halogens is 2. The monoisotopic (exact) mass is 376 g/mol. The zero-order chi connectivity index (χ0) is 19.8. The maximum atomic E-state index is 12.2. The quantitative estimate of drug-likeness (QED) is 0.735. The number of benzene rings is 2. The first-order valence-electron chi connectivity index (χ1n) is 8.58. The van der Waals surface area contributed by atoms with Gasteiger partial charge in [0.25, 0.3) is 5.91 Å². The number of rotatable bonds is 8. The highest BCUT2D eigenvalue weighted by molar-refractivity contribution is 5.96. The Hall–Kier alpha value is -2.96. The summed E-state index contributed by atoms with van der Waals surface area (Å²) in [7, 11) is 0. The highest BCUT2D eigenvalue weighted by Crippen LogP contribution is 2.15. The minimum absolute atomic E-state index is 0.0860. The summed E-state index contributed by atoms with van der Waals surface area (Å²) >= 11 is 0. The van der Waals surface area contributed by atoms with E-state index < -0.39 is 6.61 Å². The Morgan fingerprint density at radius 3 is 2.19 bits per heavy atom. The smallest absolute Gasteiger partial charge is 0.387 e. The highest BCUT2D eigenvalue weighted by atomic mass is 19.3. The molecule has 2 aromatic carbocycles. The maximum absolute atomic E-state index is 12.2. The number of hydrogen-bond acceptors (Lipinski definition) is 3. The molecule has 0 aliphatic rings. The predicted octanol–water partition coefficient (Wildman–Crippen LogP) is 3.86. The van der Waals surface area contributed by atoms with Crippen LogP contribution in [0.25, 0.3) is 0 Å². The molecule has 7 heteroatoms. The lowest BCUT2D eigenvalue weighted by atomic mass is 10.1. The Morgan fingerprint density at radius 2 is 1.63 bits per heavy atom. The number of amides is 2. The van der Waals surface area contributed by atoms with Gasteiger partial charge in [-0.15, -0.1) is 0 Å². The third-order valence-electron chi connectivity index (χ3n) is 3.79. The summed E-state index contributed by atoms with van der Waals surface area (Å²) < 4.78 is 28.5. The fourth-order valence-corrected chi connectivity index (χ4v) is 2.25. The van der Waals surface area contributed by atoms with E-state index in [1.54, 1.807) is 50.2 Å². The molecule has 0 radical (unpaired) electrons. The Bertz CT molecular complexity index is 760. The van der Waals surface area contributed by atoms with Gasteiger partial charge in [0.05, 0.1) is 0 Å². The summed E-state index contributed by atoms with van der Waals surface area (Å²) in [6, 6.07) is 12.9. The average molecular weight is 376 g/mol. The van der Waals surface area contributed by atoms with E-state index in [1.807, 2.05) is 0 Å². The van der Waals surface area contributed by atoms with Crippen LogP contribution in [-0.4, -0.2) is 25.0 Å². The van der Waals surface area contributed by atoms with Gasteiger partial charge in [0.15, 0.2) is 0 Å². The summed E-state index contributed by atoms with van der Waals surface area (Å²) in [6.07, 6.45) is 0.559. The van der Waals surface area contributed by atoms with Crippen LogP contribution in [-0.2, 0) is 11.2 Å². The number of ether oxygens (including phenoxy) is 1. The van der Waals surface area contributed by atoms with Crippen molar-refractivity contribution in [1.29, 1.82) is 0 Å². The second-order valence-corrected chi connectivity index (χ2v) is 6.25. The summed E-state index contributed by atoms with van der Waals surface area (Å²) in [5, 5.41) is 5.56. The zero-order valence-corrected chi connectivity index (χ0v) is 15.2. The Balaban J connectivity index is 1.80. The van der Waals surface area contributed by atoms with Gasteiger partial charge in [-0.3, -0.25) is 9.59 Å². The van der Waals surface area contributed by atoms with Crippen LogP contribution in [0.15, 0.2) is 48.5 Å². The van der Waals surface area contributed by atoms with Crippen molar-refractivity contribution < 1.29 is 23.1 Å². The third-order valence-corrected chi connectivity index (χ3v) is 3.79. The lowest BCUT2D eigenvalue weighted by molar-refractivity contribution is -0.118. The Morgan fingerprint density at radius 1 is 1.00 bits per heavy atom. The molecule has 0 fully saturated rings. The van der Waals surface area contributed by atoms with Gasteiger partial charge in [0, 0.05) is 23.7 Å². The van der Waals surface area contributed by atoms with Gasteiger partial charge in [0.1, 0.15) is 5.75 Å². The maximum Gasteiger partial charge on any atom is 0.387 e. The average Bonchev–Trinajstić information content (AvgIpc) is 2.63. The van der Waals surface area contributed by atoms with Crippen molar-refractivity contribution in [3.8, 4) is 5.75 Å². The highest BCUT2D eigenvalue weighted by Gasteiger charge is 2.09. The van der Waals surface area contributed by atoms with Crippen molar-refractivity contribution in [2.75, 3.05) is 11.9 Å². The van der Waals surface area contributed by atoms with E-state index in [9.17, 15) is 18.4 Å². The predicted molar refractivity (Wildman–Crippen MR) is 99.0 cm³/mol. The van der Waals surface area contributed by atoms with Crippen LogP contribution >= 0.6 is 0 Å². The van der Waals surface area contributed by atoms with E-state index in [4.69, 9.17) is 0 Å². The molecule has 2 rings (SSSR count). The molecule has 5 nitrogen and oxygen atoms in total. The van der Waals surface area contributed by atoms with Gasteiger partial charge in [-0.05, 0) is 48.4 Å². The van der Waals surface area contributed by atoms with Crippen molar-refractivity contribution >= 4 is 17.5 Å². The molecule has 0 atom stereocenters. The molecular weight excluding hydrogens is 354 g/mol. The molecule has 0 aromatic heterocycles. The summed E-state index contributed by atoms with van der Waals surface area (Å²) in [5.41, 5.74) is 2.01. The van der Waals surface area contributed by atoms with Crippen molar-refractivity contribution in [3.63, 3.8) is 0 Å². The van der Waals surface area contributed by atoms with E-state index in [1.165, 1.54) is 12.1 Å². The molecule has 0 spiro atoms. The van der Waals surface area contributed by atoms with Crippen molar-refractivity contribution in [3.05, 3.63) is 59.7 Å². The first-order valence-corrected chi connectivity index (χ1v) is 8.58. The van der Waals surface area contributed by atoms with Crippen LogP contribution in [0, 0.1) is 5.92 Å².